The molecule has 2 aromatic carbocycles. The van der Waals surface area contributed by atoms with Crippen molar-refractivity contribution in [3.8, 4) is 5.75 Å². The molecule has 0 unspecified atom stereocenters. The van der Waals surface area contributed by atoms with E-state index in [1.54, 1.807) is 6.08 Å². The third-order valence-electron chi connectivity index (χ3n) is 3.91. The molecule has 6 nitrogen and oxygen atoms in total. The minimum absolute atomic E-state index is 0.106. The lowest BCUT2D eigenvalue weighted by molar-refractivity contribution is -0.131. The Hall–Kier alpha value is -2.58. The quantitative estimate of drug-likeness (QED) is 0.323. The summed E-state index contributed by atoms with van der Waals surface area (Å²) in [7, 11) is 0. The first-order valence-corrected chi connectivity index (χ1v) is 10.7. The van der Waals surface area contributed by atoms with Crippen molar-refractivity contribution in [2.75, 3.05) is 0 Å². The van der Waals surface area contributed by atoms with E-state index in [0.717, 1.165) is 40.5 Å². The Bertz CT molecular complexity index is 1010. The van der Waals surface area contributed by atoms with Crippen molar-refractivity contribution < 1.29 is 14.6 Å². The Labute approximate surface area is 181 Å². The van der Waals surface area contributed by atoms with Crippen LogP contribution in [0.3, 0.4) is 0 Å². The molecule has 1 heterocycles. The number of rotatable bonds is 9. The fourth-order valence-corrected chi connectivity index (χ4v) is 3.64. The van der Waals surface area contributed by atoms with Crippen LogP contribution in [0.5, 0.6) is 5.75 Å². The highest BCUT2D eigenvalue weighted by Gasteiger charge is 2.15. The largest absolute Gasteiger partial charge is 0.488 e. The third-order valence-corrected chi connectivity index (χ3v) is 5.28. The number of carboxylic acid groups (broad SMARTS) is 1. The smallest absolute Gasteiger partial charge is 0.342 e. The lowest BCUT2D eigenvalue weighted by Crippen LogP contribution is -2.00. The van der Waals surface area contributed by atoms with E-state index in [9.17, 15) is 9.90 Å². The fourth-order valence-electron chi connectivity index (χ4n) is 2.55. The first-order chi connectivity index (χ1) is 14.0. The van der Waals surface area contributed by atoms with Crippen LogP contribution in [0.1, 0.15) is 30.3 Å². The molecule has 0 aliphatic rings. The zero-order valence-corrected chi connectivity index (χ0v) is 18.2. The van der Waals surface area contributed by atoms with Crippen molar-refractivity contribution in [3.63, 3.8) is 0 Å². The van der Waals surface area contributed by atoms with Crippen molar-refractivity contribution in [2.45, 2.75) is 31.5 Å². The number of carbonyl (C=O) groups is 1. The summed E-state index contributed by atoms with van der Waals surface area (Å²) in [6.07, 6.45) is 3.28. The fraction of sp³-hybridized carbons (Fsp3) is 0.190. The van der Waals surface area contributed by atoms with Gasteiger partial charge in [0.05, 0.1) is 0 Å². The molecule has 0 bridgehead atoms. The van der Waals surface area contributed by atoms with Crippen LogP contribution < -0.4 is 4.74 Å². The van der Waals surface area contributed by atoms with Crippen LogP contribution in [0.4, 0.5) is 0 Å². The van der Waals surface area contributed by atoms with Crippen molar-refractivity contribution >= 4 is 39.7 Å². The average Bonchev–Trinajstić information content (AvgIpc) is 3.15. The molecule has 0 amide bonds. The van der Waals surface area contributed by atoms with Crippen LogP contribution in [-0.2, 0) is 17.8 Å². The molecule has 0 atom stereocenters. The number of ether oxygens (including phenoxy) is 1. The molecule has 150 valence electrons. The van der Waals surface area contributed by atoms with Gasteiger partial charge < -0.3 is 9.84 Å². The second-order valence-electron chi connectivity index (χ2n) is 6.19. The van der Waals surface area contributed by atoms with Gasteiger partial charge in [-0.1, -0.05) is 53.2 Å². The summed E-state index contributed by atoms with van der Waals surface area (Å²) in [5.41, 5.74) is 1.69. The molecule has 0 aliphatic carbocycles. The normalized spacial score (nSPS) is 11.4. The van der Waals surface area contributed by atoms with E-state index in [1.807, 2.05) is 55.5 Å². The number of carboxylic acids is 1. The first-order valence-electron chi connectivity index (χ1n) is 9.05. The maximum Gasteiger partial charge on any atom is 0.342 e. The van der Waals surface area contributed by atoms with Gasteiger partial charge in [0.25, 0.3) is 0 Å². The molecule has 0 fully saturated rings. The van der Waals surface area contributed by atoms with Crippen molar-refractivity contribution in [1.29, 1.82) is 0 Å². The monoisotopic (exact) mass is 473 g/mol. The number of aromatic amines is 1. The maximum absolute atomic E-state index is 11.8. The number of hydrogen-bond acceptors (Lipinski definition) is 5. The van der Waals surface area contributed by atoms with Gasteiger partial charge in [-0.2, -0.15) is 0 Å². The number of nitrogens with zero attached hydrogens (tertiary/aromatic N) is 2. The zero-order chi connectivity index (χ0) is 20.6. The molecule has 29 heavy (non-hydrogen) atoms. The van der Waals surface area contributed by atoms with Gasteiger partial charge in [-0.05, 0) is 48.0 Å². The zero-order valence-electron chi connectivity index (χ0n) is 15.8. The van der Waals surface area contributed by atoms with Gasteiger partial charge in [-0.3, -0.25) is 5.10 Å². The van der Waals surface area contributed by atoms with Gasteiger partial charge >= 0.3 is 5.97 Å². The molecule has 3 aromatic rings. The minimum atomic E-state index is -1.05. The van der Waals surface area contributed by atoms with E-state index in [2.05, 4.69) is 31.1 Å². The van der Waals surface area contributed by atoms with Crippen molar-refractivity contribution in [3.05, 3.63) is 74.9 Å². The van der Waals surface area contributed by atoms with Gasteiger partial charge in [-0.15, -0.1) is 5.10 Å². The van der Waals surface area contributed by atoms with E-state index >= 15 is 0 Å². The summed E-state index contributed by atoms with van der Waals surface area (Å²) >= 11 is 4.44. The lowest BCUT2D eigenvalue weighted by Gasteiger charge is -2.11. The Morgan fingerprint density at radius 1 is 1.28 bits per heavy atom. The SMILES string of the molecule is CCCc1nc(S/C(=C\c2cc(Br)ccc2OCc2ccccc2)C(=O)O)n[nH]1. The Morgan fingerprint density at radius 3 is 2.79 bits per heavy atom. The summed E-state index contributed by atoms with van der Waals surface area (Å²) in [6.45, 7) is 2.43. The predicted octanol–water partition coefficient (Wildman–Crippen LogP) is 5.32. The van der Waals surface area contributed by atoms with Crippen molar-refractivity contribution in [1.82, 2.24) is 15.2 Å². The highest BCUT2D eigenvalue weighted by Crippen LogP contribution is 2.31. The summed E-state index contributed by atoms with van der Waals surface area (Å²) in [5, 5.41) is 17.0. The number of aromatic nitrogens is 3. The van der Waals surface area contributed by atoms with Gasteiger partial charge in [-0.25, -0.2) is 9.78 Å². The van der Waals surface area contributed by atoms with Gasteiger partial charge in [0.1, 0.15) is 23.1 Å². The number of hydrogen-bond donors (Lipinski definition) is 2. The minimum Gasteiger partial charge on any atom is -0.488 e. The van der Waals surface area contributed by atoms with E-state index in [0.29, 0.717) is 23.1 Å². The molecule has 0 saturated carbocycles. The molecule has 0 saturated heterocycles. The van der Waals surface area contributed by atoms with Crippen molar-refractivity contribution in [2.24, 2.45) is 0 Å². The second kappa shape index (κ2) is 10.3. The molecule has 8 heteroatoms. The highest BCUT2D eigenvalue weighted by atomic mass is 79.9. The molecule has 2 N–H and O–H groups in total. The van der Waals surface area contributed by atoms with Gasteiger partial charge in [0.15, 0.2) is 0 Å². The van der Waals surface area contributed by atoms with E-state index in [-0.39, 0.29) is 4.91 Å². The Morgan fingerprint density at radius 2 is 2.07 bits per heavy atom. The molecule has 0 spiro atoms. The van der Waals surface area contributed by atoms with Crippen LogP contribution in [-0.4, -0.2) is 26.3 Å². The summed E-state index contributed by atoms with van der Waals surface area (Å²) in [5.74, 6) is 0.290. The van der Waals surface area contributed by atoms with Crippen LogP contribution in [0.25, 0.3) is 6.08 Å². The third kappa shape index (κ3) is 6.20. The summed E-state index contributed by atoms with van der Waals surface area (Å²) in [4.78, 5) is 16.2. The van der Waals surface area contributed by atoms with E-state index in [1.165, 1.54) is 0 Å². The van der Waals surface area contributed by atoms with Gasteiger partial charge in [0, 0.05) is 16.5 Å². The highest BCUT2D eigenvalue weighted by molar-refractivity contribution is 9.10. The first kappa shape index (κ1) is 21.1. The van der Waals surface area contributed by atoms with Crippen LogP contribution >= 0.6 is 27.7 Å². The topological polar surface area (TPSA) is 88.1 Å². The van der Waals surface area contributed by atoms with E-state index in [4.69, 9.17) is 4.74 Å². The molecule has 0 aliphatic heterocycles. The molecular weight excluding hydrogens is 454 g/mol. The number of aliphatic carboxylic acids is 1. The van der Waals surface area contributed by atoms with Gasteiger partial charge in [0.2, 0.25) is 5.16 Å². The number of thioether (sulfide) groups is 1. The Balaban J connectivity index is 1.84. The number of halogens is 1. The predicted molar refractivity (Wildman–Crippen MR) is 117 cm³/mol. The molecular formula is C21H20BrN3O3S. The number of H-pyrrole nitrogens is 1. The average molecular weight is 474 g/mol. The van der Waals surface area contributed by atoms with E-state index < -0.39 is 5.97 Å². The van der Waals surface area contributed by atoms with Crippen LogP contribution in [0.2, 0.25) is 0 Å². The Kier molecular flexibility index (Phi) is 7.48. The lowest BCUT2D eigenvalue weighted by atomic mass is 10.2. The second-order valence-corrected chi connectivity index (χ2v) is 8.11. The number of benzene rings is 2. The van der Waals surface area contributed by atoms with Crippen LogP contribution in [0, 0.1) is 0 Å². The molecule has 3 rings (SSSR count). The number of aryl methyl sites for hydroxylation is 1. The standard InChI is InChI=1S/C21H20BrN3O3S/c1-2-6-19-23-21(25-24-19)29-18(20(26)27)12-15-11-16(22)9-10-17(15)28-13-14-7-4-3-5-8-14/h3-5,7-12H,2,6,13H2,1H3,(H,26,27)(H,23,24,25)/b18-12-. The summed E-state index contributed by atoms with van der Waals surface area (Å²) < 4.78 is 6.77. The maximum atomic E-state index is 11.8. The molecule has 1 aromatic heterocycles. The van der Waals surface area contributed by atoms with Crippen LogP contribution in [0.15, 0.2) is 63.1 Å². The number of nitrogens with one attached hydrogen (secondary N) is 1. The molecule has 0 radical (unpaired) electrons. The summed E-state index contributed by atoms with van der Waals surface area (Å²) in [6, 6.07) is 15.3.